The van der Waals surface area contributed by atoms with Crippen LogP contribution in [0.2, 0.25) is 0 Å². The maximum absolute atomic E-state index is 13.3. The van der Waals surface area contributed by atoms with Crippen molar-refractivity contribution in [2.24, 2.45) is 5.92 Å². The smallest absolute Gasteiger partial charge is 0.334 e. The van der Waals surface area contributed by atoms with Crippen LogP contribution in [0.4, 0.5) is 10.5 Å². The number of imide groups is 2. The molecule has 0 N–H and O–H groups in total. The number of benzene rings is 1. The second-order valence-corrected chi connectivity index (χ2v) is 8.90. The lowest BCUT2D eigenvalue weighted by molar-refractivity contribution is -0.144. The normalized spacial score (nSPS) is 15.7. The van der Waals surface area contributed by atoms with Gasteiger partial charge in [0.2, 0.25) is 5.91 Å². The van der Waals surface area contributed by atoms with E-state index >= 15 is 0 Å². The molecule has 1 aromatic heterocycles. The number of hydrogen-bond acceptors (Lipinski definition) is 7. The summed E-state index contributed by atoms with van der Waals surface area (Å²) in [4.78, 5) is 54.7. The minimum atomic E-state index is -0.984. The molecule has 5 amide bonds. The van der Waals surface area contributed by atoms with Crippen LogP contribution < -0.4 is 14.4 Å². The Kier molecular flexibility index (Phi) is 6.13. The average molecular weight is 458 g/mol. The number of thiophene rings is 1. The fraction of sp³-hybridized carbons (Fsp3) is 0.364. The molecule has 0 radical (unpaired) electrons. The number of nitrogens with zero attached hydrogens (tertiary/aromatic N) is 3. The Morgan fingerprint density at radius 2 is 1.78 bits per heavy atom. The van der Waals surface area contributed by atoms with Gasteiger partial charge in [0.15, 0.2) is 11.5 Å². The van der Waals surface area contributed by atoms with E-state index in [0.717, 1.165) is 9.78 Å². The molecule has 10 heteroatoms. The molecule has 0 aliphatic carbocycles. The molecular formula is C22H23N3O6S. The third-order valence-corrected chi connectivity index (χ3v) is 5.87. The molecule has 0 bridgehead atoms. The Labute approximate surface area is 189 Å². The predicted molar refractivity (Wildman–Crippen MR) is 117 cm³/mol. The number of fused-ring (bicyclic) bond motifs is 1. The van der Waals surface area contributed by atoms with E-state index in [9.17, 15) is 19.2 Å². The van der Waals surface area contributed by atoms with Crippen LogP contribution in [0.1, 0.15) is 18.7 Å². The van der Waals surface area contributed by atoms with Crippen molar-refractivity contribution in [3.05, 3.63) is 40.6 Å². The Morgan fingerprint density at radius 3 is 2.47 bits per heavy atom. The topological polar surface area (TPSA) is 96.5 Å². The molecule has 1 saturated heterocycles. The second kappa shape index (κ2) is 8.99. The average Bonchev–Trinajstić information content (AvgIpc) is 3.36. The van der Waals surface area contributed by atoms with E-state index in [1.165, 1.54) is 16.2 Å². The van der Waals surface area contributed by atoms with Gasteiger partial charge in [-0.2, -0.15) is 0 Å². The van der Waals surface area contributed by atoms with Crippen LogP contribution in [0.3, 0.4) is 0 Å². The number of amides is 5. The standard InChI is InChI=1S/C22H23N3O6S/c1-14(2)11-24-20(27)21(28)25(22(24)29)13-19(26)23(12-16-4-3-9-32-16)15-5-6-17-18(10-15)31-8-7-30-17/h3-6,9-10,14H,7-8,11-13H2,1-2H3. The van der Waals surface area contributed by atoms with E-state index in [2.05, 4.69) is 0 Å². The quantitative estimate of drug-likeness (QED) is 0.468. The summed E-state index contributed by atoms with van der Waals surface area (Å²) in [5, 5.41) is 1.90. The highest BCUT2D eigenvalue weighted by Crippen LogP contribution is 2.35. The molecule has 3 heterocycles. The molecule has 2 aliphatic heterocycles. The zero-order valence-electron chi connectivity index (χ0n) is 17.8. The molecule has 0 atom stereocenters. The van der Waals surface area contributed by atoms with E-state index in [0.29, 0.717) is 35.3 Å². The number of carbonyl (C=O) groups excluding carboxylic acids is 4. The second-order valence-electron chi connectivity index (χ2n) is 7.87. The van der Waals surface area contributed by atoms with Crippen molar-refractivity contribution in [1.29, 1.82) is 0 Å². The maximum atomic E-state index is 13.3. The Bertz CT molecular complexity index is 1050. The van der Waals surface area contributed by atoms with Gasteiger partial charge in [0.25, 0.3) is 0 Å². The first-order valence-electron chi connectivity index (χ1n) is 10.2. The lowest BCUT2D eigenvalue weighted by atomic mass is 10.2. The Balaban J connectivity index is 1.59. The highest BCUT2D eigenvalue weighted by Gasteiger charge is 2.45. The third-order valence-electron chi connectivity index (χ3n) is 5.01. The zero-order chi connectivity index (χ0) is 22.8. The summed E-state index contributed by atoms with van der Waals surface area (Å²) in [6.07, 6.45) is 0. The summed E-state index contributed by atoms with van der Waals surface area (Å²) in [6, 6.07) is 8.15. The van der Waals surface area contributed by atoms with Gasteiger partial charge >= 0.3 is 17.8 Å². The van der Waals surface area contributed by atoms with Gasteiger partial charge in [-0.05, 0) is 29.5 Å². The molecule has 0 spiro atoms. The number of ether oxygens (including phenoxy) is 2. The zero-order valence-corrected chi connectivity index (χ0v) is 18.6. The minimum absolute atomic E-state index is 0.000562. The SMILES string of the molecule is CC(C)CN1C(=O)C(=O)N(CC(=O)N(Cc2cccs2)c2ccc3c(c2)OCCO3)C1=O. The number of rotatable bonds is 7. The highest BCUT2D eigenvalue weighted by atomic mass is 32.1. The third kappa shape index (κ3) is 4.31. The lowest BCUT2D eigenvalue weighted by Gasteiger charge is -2.26. The van der Waals surface area contributed by atoms with Crippen LogP contribution in [0, 0.1) is 5.92 Å². The van der Waals surface area contributed by atoms with Gasteiger partial charge in [-0.15, -0.1) is 11.3 Å². The molecule has 4 rings (SSSR count). The first kappa shape index (κ1) is 21.8. The maximum Gasteiger partial charge on any atom is 0.334 e. The number of urea groups is 1. The molecular weight excluding hydrogens is 434 g/mol. The van der Waals surface area contributed by atoms with E-state index in [1.807, 2.05) is 31.4 Å². The van der Waals surface area contributed by atoms with Gasteiger partial charge in [-0.3, -0.25) is 19.3 Å². The summed E-state index contributed by atoms with van der Waals surface area (Å²) in [5.41, 5.74) is 0.539. The summed E-state index contributed by atoms with van der Waals surface area (Å²) >= 11 is 1.48. The van der Waals surface area contributed by atoms with Gasteiger partial charge in [-0.25, -0.2) is 9.69 Å². The van der Waals surface area contributed by atoms with Gasteiger partial charge in [-0.1, -0.05) is 19.9 Å². The predicted octanol–water partition coefficient (Wildman–Crippen LogP) is 2.50. The van der Waals surface area contributed by atoms with Crippen LogP contribution in [-0.2, 0) is 20.9 Å². The summed E-state index contributed by atoms with van der Waals surface area (Å²) in [7, 11) is 0. The number of carbonyl (C=O) groups is 4. The lowest BCUT2D eigenvalue weighted by Crippen LogP contribution is -2.43. The first-order chi connectivity index (χ1) is 15.3. The van der Waals surface area contributed by atoms with E-state index in [4.69, 9.17) is 9.47 Å². The van der Waals surface area contributed by atoms with Gasteiger partial charge in [0.1, 0.15) is 19.8 Å². The fourth-order valence-electron chi connectivity index (χ4n) is 3.52. The van der Waals surface area contributed by atoms with E-state index in [-0.39, 0.29) is 19.0 Å². The molecule has 2 aromatic rings. The van der Waals surface area contributed by atoms with Crippen molar-refractivity contribution in [2.45, 2.75) is 20.4 Å². The molecule has 9 nitrogen and oxygen atoms in total. The van der Waals surface area contributed by atoms with Gasteiger partial charge in [0.05, 0.1) is 6.54 Å². The van der Waals surface area contributed by atoms with Crippen molar-refractivity contribution in [2.75, 3.05) is 31.2 Å². The van der Waals surface area contributed by atoms with Gasteiger partial charge in [0, 0.05) is 23.2 Å². The minimum Gasteiger partial charge on any atom is -0.486 e. The fourth-order valence-corrected chi connectivity index (χ4v) is 4.21. The van der Waals surface area contributed by atoms with Crippen molar-refractivity contribution < 1.29 is 28.7 Å². The van der Waals surface area contributed by atoms with E-state index in [1.54, 1.807) is 18.2 Å². The monoisotopic (exact) mass is 457 g/mol. The van der Waals surface area contributed by atoms with E-state index < -0.39 is 30.3 Å². The first-order valence-corrected chi connectivity index (χ1v) is 11.1. The van der Waals surface area contributed by atoms with Crippen LogP contribution >= 0.6 is 11.3 Å². The molecule has 0 unspecified atom stereocenters. The summed E-state index contributed by atoms with van der Waals surface area (Å²) < 4.78 is 11.2. The summed E-state index contributed by atoms with van der Waals surface area (Å²) in [5.74, 6) is -1.27. The highest BCUT2D eigenvalue weighted by molar-refractivity contribution is 7.09. The van der Waals surface area contributed by atoms with Crippen molar-refractivity contribution >= 4 is 40.8 Å². The molecule has 0 saturated carbocycles. The Hall–Kier alpha value is -3.40. The van der Waals surface area contributed by atoms with Crippen LogP contribution in [0.25, 0.3) is 0 Å². The summed E-state index contributed by atoms with van der Waals surface area (Å²) in [6.45, 7) is 4.36. The number of anilines is 1. The molecule has 32 heavy (non-hydrogen) atoms. The largest absolute Gasteiger partial charge is 0.486 e. The molecule has 168 valence electrons. The van der Waals surface area contributed by atoms with Crippen molar-refractivity contribution in [1.82, 2.24) is 9.80 Å². The van der Waals surface area contributed by atoms with Crippen molar-refractivity contribution in [3.8, 4) is 11.5 Å². The van der Waals surface area contributed by atoms with Crippen LogP contribution in [-0.4, -0.2) is 59.9 Å². The molecule has 1 aromatic carbocycles. The molecule has 2 aliphatic rings. The van der Waals surface area contributed by atoms with Gasteiger partial charge < -0.3 is 14.4 Å². The molecule has 1 fully saturated rings. The number of hydrogen-bond donors (Lipinski definition) is 0. The van der Waals surface area contributed by atoms with Crippen LogP contribution in [0.5, 0.6) is 11.5 Å². The van der Waals surface area contributed by atoms with Crippen molar-refractivity contribution in [3.63, 3.8) is 0 Å². The van der Waals surface area contributed by atoms with Crippen LogP contribution in [0.15, 0.2) is 35.7 Å². The Morgan fingerprint density at radius 1 is 1.06 bits per heavy atom.